The first-order valence-electron chi connectivity index (χ1n) is 4.09. The number of ether oxygens (including phenoxy) is 1. The van der Waals surface area contributed by atoms with Crippen LogP contribution in [-0.4, -0.2) is 18.0 Å². The van der Waals surface area contributed by atoms with Gasteiger partial charge in [0.25, 0.3) is 0 Å². The van der Waals surface area contributed by atoms with Gasteiger partial charge in [0.2, 0.25) is 5.91 Å². The molecule has 0 bridgehead atoms. The van der Waals surface area contributed by atoms with Crippen LogP contribution >= 0.6 is 0 Å². The molecule has 0 aliphatic rings. The lowest BCUT2D eigenvalue weighted by Crippen LogP contribution is -2.11. The lowest BCUT2D eigenvalue weighted by Gasteiger charge is -2.05. The van der Waals surface area contributed by atoms with E-state index in [9.17, 15) is 9.59 Å². The number of hydrogen-bond donors (Lipinski definition) is 1. The van der Waals surface area contributed by atoms with E-state index < -0.39 is 5.91 Å². The second-order valence-corrected chi connectivity index (χ2v) is 2.84. The molecule has 0 saturated heterocycles. The van der Waals surface area contributed by atoms with Gasteiger partial charge in [0.15, 0.2) is 0 Å². The van der Waals surface area contributed by atoms with E-state index in [1.807, 2.05) is 0 Å². The third-order valence-electron chi connectivity index (χ3n) is 0.892. The van der Waals surface area contributed by atoms with Crippen LogP contribution < -0.4 is 5.73 Å². The Bertz CT molecular complexity index is 232. The number of nitrogens with two attached hydrogens (primary N) is 1. The molecule has 0 heterocycles. The molecule has 0 aliphatic carbocycles. The molecule has 80 valence electrons. The van der Waals surface area contributed by atoms with Crippen molar-refractivity contribution < 1.29 is 14.3 Å². The van der Waals surface area contributed by atoms with Gasteiger partial charge in [-0.25, -0.2) is 4.79 Å². The van der Waals surface area contributed by atoms with Crippen molar-refractivity contribution in [2.24, 2.45) is 5.73 Å². The number of hydrogen-bond acceptors (Lipinski definition) is 3. The van der Waals surface area contributed by atoms with Crippen molar-refractivity contribution in [1.82, 2.24) is 0 Å². The summed E-state index contributed by atoms with van der Waals surface area (Å²) in [5.74, 6) is -0.796. The molecule has 4 heteroatoms. The first-order valence-corrected chi connectivity index (χ1v) is 4.09. The Balaban J connectivity index is 0. The Hall–Kier alpha value is -1.58. The zero-order valence-corrected chi connectivity index (χ0v) is 8.87. The van der Waals surface area contributed by atoms with E-state index >= 15 is 0 Å². The number of primary amides is 1. The second kappa shape index (κ2) is 8.04. The third kappa shape index (κ3) is 13.0. The number of rotatable bonds is 3. The molecule has 0 aromatic heterocycles. The van der Waals surface area contributed by atoms with Gasteiger partial charge in [0.05, 0.1) is 6.10 Å². The molecule has 0 atom stereocenters. The number of carbonyl (C=O) groups excluding carboxylic acids is 2. The maximum Gasteiger partial charge on any atom is 0.333 e. The van der Waals surface area contributed by atoms with E-state index in [0.29, 0.717) is 5.57 Å². The van der Waals surface area contributed by atoms with E-state index in [2.05, 4.69) is 18.9 Å². The van der Waals surface area contributed by atoms with E-state index in [1.54, 1.807) is 20.8 Å². The minimum atomic E-state index is -0.481. The van der Waals surface area contributed by atoms with E-state index in [4.69, 9.17) is 4.74 Å². The maximum absolute atomic E-state index is 10.6. The van der Waals surface area contributed by atoms with Crippen molar-refractivity contribution in [2.45, 2.75) is 26.9 Å². The summed E-state index contributed by atoms with van der Waals surface area (Å²) in [6.45, 7) is 11.8. The molecule has 0 spiro atoms. The third-order valence-corrected chi connectivity index (χ3v) is 0.892. The standard InChI is InChI=1S/C7H12O2.C3H5NO/c1-5(2)7(8)9-6(3)4;1-2-3(4)5/h6H,1H2,2-4H3;2H,1H2,(H2,4,5). The average Bonchev–Trinajstić information content (AvgIpc) is 2.04. The fraction of sp³-hybridized carbons (Fsp3) is 0.400. The van der Waals surface area contributed by atoms with Crippen LogP contribution in [0.15, 0.2) is 24.8 Å². The van der Waals surface area contributed by atoms with Gasteiger partial charge in [-0.05, 0) is 26.8 Å². The van der Waals surface area contributed by atoms with Crippen molar-refractivity contribution in [1.29, 1.82) is 0 Å². The van der Waals surface area contributed by atoms with Gasteiger partial charge in [-0.2, -0.15) is 0 Å². The Morgan fingerprint density at radius 3 is 1.86 bits per heavy atom. The van der Waals surface area contributed by atoms with Gasteiger partial charge in [-0.15, -0.1) is 0 Å². The molecule has 0 rings (SSSR count). The quantitative estimate of drug-likeness (QED) is 0.548. The number of esters is 1. The van der Waals surface area contributed by atoms with Crippen molar-refractivity contribution >= 4 is 11.9 Å². The highest BCUT2D eigenvalue weighted by Crippen LogP contribution is 1.95. The maximum atomic E-state index is 10.6. The van der Waals surface area contributed by atoms with Crippen LogP contribution in [0.1, 0.15) is 20.8 Å². The summed E-state index contributed by atoms with van der Waals surface area (Å²) in [4.78, 5) is 20.1. The summed E-state index contributed by atoms with van der Waals surface area (Å²) < 4.78 is 4.77. The highest BCUT2D eigenvalue weighted by atomic mass is 16.5. The lowest BCUT2D eigenvalue weighted by molar-refractivity contribution is -0.142. The molecule has 0 aliphatic heterocycles. The summed E-state index contributed by atoms with van der Waals surface area (Å²) >= 11 is 0. The van der Waals surface area contributed by atoms with Crippen LogP contribution in [0.25, 0.3) is 0 Å². The molecular weight excluding hydrogens is 182 g/mol. The topological polar surface area (TPSA) is 69.4 Å². The fourth-order valence-corrected chi connectivity index (χ4v) is 0.315. The number of amides is 1. The molecule has 0 aromatic carbocycles. The van der Waals surface area contributed by atoms with Gasteiger partial charge >= 0.3 is 5.97 Å². The highest BCUT2D eigenvalue weighted by Gasteiger charge is 2.03. The summed E-state index contributed by atoms with van der Waals surface area (Å²) in [6, 6.07) is 0. The van der Waals surface area contributed by atoms with Gasteiger partial charge in [0.1, 0.15) is 0 Å². The van der Waals surface area contributed by atoms with Crippen LogP contribution in [0.4, 0.5) is 0 Å². The van der Waals surface area contributed by atoms with Crippen molar-refractivity contribution in [3.8, 4) is 0 Å². The summed E-state index contributed by atoms with van der Waals surface area (Å²) in [5.41, 5.74) is 4.98. The van der Waals surface area contributed by atoms with Gasteiger partial charge in [-0.1, -0.05) is 13.2 Å². The minimum absolute atomic E-state index is 0.0470. The van der Waals surface area contributed by atoms with Gasteiger partial charge in [0, 0.05) is 5.57 Å². The predicted octanol–water partition coefficient (Wildman–Crippen LogP) is 1.17. The smallest absolute Gasteiger partial charge is 0.333 e. The zero-order valence-electron chi connectivity index (χ0n) is 8.87. The largest absolute Gasteiger partial charge is 0.460 e. The predicted molar refractivity (Wildman–Crippen MR) is 55.4 cm³/mol. The molecule has 0 aromatic rings. The zero-order chi connectivity index (χ0) is 11.7. The van der Waals surface area contributed by atoms with Crippen LogP contribution in [0, 0.1) is 0 Å². The van der Waals surface area contributed by atoms with E-state index in [0.717, 1.165) is 6.08 Å². The van der Waals surface area contributed by atoms with Crippen LogP contribution in [0.5, 0.6) is 0 Å². The van der Waals surface area contributed by atoms with Crippen LogP contribution in [0.2, 0.25) is 0 Å². The summed E-state index contributed by atoms with van der Waals surface area (Å²) in [7, 11) is 0. The van der Waals surface area contributed by atoms with Crippen LogP contribution in [0.3, 0.4) is 0 Å². The molecular formula is C10H17NO3. The Labute approximate surface area is 84.4 Å². The summed E-state index contributed by atoms with van der Waals surface area (Å²) in [5, 5.41) is 0. The number of carbonyl (C=O) groups is 2. The SMILES string of the molecule is C=C(C)C(=O)OC(C)C.C=CC(N)=O. The van der Waals surface area contributed by atoms with Gasteiger partial charge in [-0.3, -0.25) is 4.79 Å². The molecule has 0 unspecified atom stereocenters. The normalized spacial score (nSPS) is 8.29. The Morgan fingerprint density at radius 2 is 1.79 bits per heavy atom. The monoisotopic (exact) mass is 199 g/mol. The fourth-order valence-electron chi connectivity index (χ4n) is 0.315. The average molecular weight is 199 g/mol. The van der Waals surface area contributed by atoms with E-state index in [1.165, 1.54) is 0 Å². The molecule has 0 saturated carbocycles. The van der Waals surface area contributed by atoms with Crippen LogP contribution in [-0.2, 0) is 14.3 Å². The first-order chi connectivity index (χ1) is 6.31. The molecule has 0 radical (unpaired) electrons. The van der Waals surface area contributed by atoms with E-state index in [-0.39, 0.29) is 12.1 Å². The summed E-state index contributed by atoms with van der Waals surface area (Å²) in [6.07, 6.45) is 1.01. The molecule has 14 heavy (non-hydrogen) atoms. The minimum Gasteiger partial charge on any atom is -0.460 e. The first kappa shape index (κ1) is 14.9. The lowest BCUT2D eigenvalue weighted by atomic mass is 10.3. The molecule has 2 N–H and O–H groups in total. The van der Waals surface area contributed by atoms with Crippen molar-refractivity contribution in [3.05, 3.63) is 24.8 Å². The van der Waals surface area contributed by atoms with Gasteiger partial charge < -0.3 is 10.5 Å². The molecule has 4 nitrogen and oxygen atoms in total. The van der Waals surface area contributed by atoms with Crippen molar-refractivity contribution in [2.75, 3.05) is 0 Å². The van der Waals surface area contributed by atoms with Crippen molar-refractivity contribution in [3.63, 3.8) is 0 Å². The second-order valence-electron chi connectivity index (χ2n) is 2.84. The molecule has 0 fully saturated rings. The molecule has 1 amide bonds. The highest BCUT2D eigenvalue weighted by molar-refractivity contribution is 5.87. The Kier molecular flexibility index (Phi) is 8.57. The Morgan fingerprint density at radius 1 is 1.43 bits per heavy atom.